The van der Waals surface area contributed by atoms with Crippen LogP contribution in [0.25, 0.3) is 0 Å². The molecule has 0 saturated heterocycles. The van der Waals surface area contributed by atoms with E-state index in [1.807, 2.05) is 0 Å². The highest BCUT2D eigenvalue weighted by Gasteiger charge is 2.16. The molecule has 15 heteroatoms. The second kappa shape index (κ2) is 22.5. The predicted octanol–water partition coefficient (Wildman–Crippen LogP) is 8.48. The van der Waals surface area contributed by atoms with Crippen molar-refractivity contribution in [3.63, 3.8) is 0 Å². The third-order valence-electron chi connectivity index (χ3n) is 5.84. The van der Waals surface area contributed by atoms with Gasteiger partial charge in [0.1, 0.15) is 0 Å². The number of aromatic nitrogens is 6. The molecule has 0 aliphatic rings. The molecule has 2 aromatic rings. The summed E-state index contributed by atoms with van der Waals surface area (Å²) < 4.78 is 0. The molecule has 2 rings (SSSR count). The maximum atomic E-state index is 4.82. The van der Waals surface area contributed by atoms with Crippen LogP contribution in [0.3, 0.4) is 0 Å². The van der Waals surface area contributed by atoms with Crippen LogP contribution in [0.4, 0.5) is 23.8 Å². The molecule has 0 aromatic carbocycles. The van der Waals surface area contributed by atoms with E-state index in [1.165, 1.54) is 0 Å². The number of hydrogen-bond acceptors (Lipinski definition) is 15. The van der Waals surface area contributed by atoms with Gasteiger partial charge in [-0.1, -0.05) is 53.4 Å². The molecule has 0 radical (unpaired) electrons. The zero-order valence-corrected chi connectivity index (χ0v) is 29.6. The molecule has 0 aliphatic heterocycles. The Hall–Kier alpha value is -1.03. The largest absolute Gasteiger partial charge is 0.354 e. The molecule has 0 spiro atoms. The SMILES string of the molecule is CCCCN(CCCC)c1nc(NCC)nc(SSSSSc2nc(NCC)nc(N(CCCC)CCCC)n2)n1. The van der Waals surface area contributed by atoms with Gasteiger partial charge in [-0.3, -0.25) is 0 Å². The number of rotatable bonds is 24. The Labute approximate surface area is 266 Å². The monoisotopic (exact) mass is 660 g/mol. The molecule has 0 bridgehead atoms. The van der Waals surface area contributed by atoms with Gasteiger partial charge in [0.15, 0.2) is 0 Å². The highest BCUT2D eigenvalue weighted by atomic mass is 33.8. The van der Waals surface area contributed by atoms with Gasteiger partial charge in [0, 0.05) is 39.3 Å². The van der Waals surface area contributed by atoms with Crippen molar-refractivity contribution in [3.05, 3.63) is 0 Å². The molecule has 0 amide bonds. The van der Waals surface area contributed by atoms with E-state index in [4.69, 9.17) is 19.9 Å². The third-order valence-corrected chi connectivity index (χ3v) is 13.6. The number of unbranched alkanes of at least 4 members (excludes halogenated alkanes) is 4. The Kier molecular flexibility index (Phi) is 19.8. The fourth-order valence-corrected chi connectivity index (χ4v) is 11.1. The molecule has 41 heavy (non-hydrogen) atoms. The maximum absolute atomic E-state index is 4.82. The van der Waals surface area contributed by atoms with Crippen molar-refractivity contribution < 1.29 is 0 Å². The van der Waals surface area contributed by atoms with E-state index < -0.39 is 0 Å². The molecule has 2 N–H and O–H groups in total. The minimum atomic E-state index is 0.634. The van der Waals surface area contributed by atoms with Crippen LogP contribution in [0, 0.1) is 0 Å². The first-order chi connectivity index (χ1) is 20.1. The Morgan fingerprint density at radius 1 is 0.488 bits per heavy atom. The Morgan fingerprint density at radius 2 is 0.854 bits per heavy atom. The zero-order valence-electron chi connectivity index (χ0n) is 25.5. The van der Waals surface area contributed by atoms with Crippen LogP contribution in [0.1, 0.15) is 92.9 Å². The molecular weight excluding hydrogens is 613 g/mol. The summed E-state index contributed by atoms with van der Waals surface area (Å²) in [5.74, 6) is 2.79. The number of nitrogens with zero attached hydrogens (tertiary/aromatic N) is 8. The van der Waals surface area contributed by atoms with Gasteiger partial charge in [0.25, 0.3) is 0 Å². The van der Waals surface area contributed by atoms with Crippen molar-refractivity contribution in [1.82, 2.24) is 29.9 Å². The van der Waals surface area contributed by atoms with Crippen molar-refractivity contribution in [2.24, 2.45) is 0 Å². The van der Waals surface area contributed by atoms with E-state index in [-0.39, 0.29) is 0 Å². The van der Waals surface area contributed by atoms with Crippen molar-refractivity contribution in [1.29, 1.82) is 0 Å². The van der Waals surface area contributed by atoms with Crippen LogP contribution >= 0.6 is 51.1 Å². The molecule has 2 heterocycles. The van der Waals surface area contributed by atoms with Gasteiger partial charge in [-0.15, -0.1) is 0 Å². The van der Waals surface area contributed by atoms with Crippen molar-refractivity contribution in [3.8, 4) is 0 Å². The highest BCUT2D eigenvalue weighted by molar-refractivity contribution is 9.35. The first-order valence-corrected chi connectivity index (χ1v) is 21.1. The minimum Gasteiger partial charge on any atom is -0.354 e. The Balaban J connectivity index is 2.05. The molecule has 0 saturated carbocycles. The van der Waals surface area contributed by atoms with Gasteiger partial charge in [0.05, 0.1) is 0 Å². The summed E-state index contributed by atoms with van der Waals surface area (Å²) >= 11 is 0. The van der Waals surface area contributed by atoms with Crippen molar-refractivity contribution in [2.75, 3.05) is 59.7 Å². The van der Waals surface area contributed by atoms with Crippen molar-refractivity contribution in [2.45, 2.75) is 103 Å². The Bertz CT molecular complexity index is 883. The average molecular weight is 661 g/mol. The van der Waals surface area contributed by atoms with Gasteiger partial charge in [-0.2, -0.15) is 29.9 Å². The maximum Gasteiger partial charge on any atom is 0.231 e. The lowest BCUT2D eigenvalue weighted by Gasteiger charge is -2.23. The smallest absolute Gasteiger partial charge is 0.231 e. The second-order valence-corrected chi connectivity index (χ2v) is 16.7. The first kappa shape index (κ1) is 36.2. The highest BCUT2D eigenvalue weighted by Crippen LogP contribution is 2.52. The van der Waals surface area contributed by atoms with Gasteiger partial charge >= 0.3 is 0 Å². The fourth-order valence-electron chi connectivity index (χ4n) is 3.64. The van der Waals surface area contributed by atoms with Crippen LogP contribution < -0.4 is 20.4 Å². The standard InChI is InChI=1S/C26H48N10S5/c1-7-13-17-35(18-14-8-2)23-29-21(27-11-5)31-25(33-23)37-39-41-40-38-26-32-22(28-12-6)30-24(34-26)36(19-15-9-3)20-16-10-4/h7-20H2,1-6H3,(H,27,29,31,33)(H,28,30,32,34). The number of nitrogens with one attached hydrogen (secondary N) is 2. The Morgan fingerprint density at radius 3 is 1.17 bits per heavy atom. The first-order valence-electron chi connectivity index (χ1n) is 14.9. The zero-order chi connectivity index (χ0) is 29.7. The van der Waals surface area contributed by atoms with Crippen molar-refractivity contribution >= 4 is 74.9 Å². The topological polar surface area (TPSA) is 108 Å². The van der Waals surface area contributed by atoms with Crippen LogP contribution in [-0.2, 0) is 0 Å². The van der Waals surface area contributed by atoms with E-state index in [2.05, 4.69) is 71.9 Å². The molecule has 2 aromatic heterocycles. The molecule has 232 valence electrons. The van der Waals surface area contributed by atoms with Gasteiger partial charge in [-0.05, 0) is 90.6 Å². The number of anilines is 4. The van der Waals surface area contributed by atoms with E-state index in [1.54, 1.807) is 51.1 Å². The molecular formula is C26H48N10S5. The lowest BCUT2D eigenvalue weighted by molar-refractivity contribution is 0.655. The summed E-state index contributed by atoms with van der Waals surface area (Å²) in [7, 11) is 8.04. The quantitative estimate of drug-likeness (QED) is 0.0829. The van der Waals surface area contributed by atoms with Gasteiger partial charge in [-0.25, -0.2) is 0 Å². The molecule has 0 fully saturated rings. The predicted molar refractivity (Wildman–Crippen MR) is 187 cm³/mol. The molecule has 0 unspecified atom stereocenters. The fraction of sp³-hybridized carbons (Fsp3) is 0.769. The molecule has 0 aliphatic carbocycles. The van der Waals surface area contributed by atoms with E-state index in [0.717, 1.165) is 103 Å². The summed E-state index contributed by atoms with van der Waals surface area (Å²) in [6.45, 7) is 18.4. The summed E-state index contributed by atoms with van der Waals surface area (Å²) in [6, 6.07) is 0. The summed E-state index contributed by atoms with van der Waals surface area (Å²) in [5, 5.41) is 7.98. The lowest BCUT2D eigenvalue weighted by Crippen LogP contribution is -2.28. The second-order valence-electron chi connectivity index (χ2n) is 9.30. The lowest BCUT2D eigenvalue weighted by atomic mass is 10.3. The van der Waals surface area contributed by atoms with Gasteiger partial charge in [0.2, 0.25) is 34.1 Å². The van der Waals surface area contributed by atoms with Crippen LogP contribution in [0.5, 0.6) is 0 Å². The third kappa shape index (κ3) is 14.3. The summed E-state index contributed by atoms with van der Waals surface area (Å²) in [6.07, 6.45) is 9.06. The van der Waals surface area contributed by atoms with Gasteiger partial charge < -0.3 is 20.4 Å². The van der Waals surface area contributed by atoms with E-state index >= 15 is 0 Å². The molecule has 10 nitrogen and oxygen atoms in total. The van der Waals surface area contributed by atoms with Crippen LogP contribution in [0.15, 0.2) is 10.3 Å². The average Bonchev–Trinajstić information content (AvgIpc) is 2.97. The van der Waals surface area contributed by atoms with E-state index in [9.17, 15) is 0 Å². The normalized spacial score (nSPS) is 11.1. The summed E-state index contributed by atoms with van der Waals surface area (Å²) in [5.41, 5.74) is 0. The van der Waals surface area contributed by atoms with E-state index in [0.29, 0.717) is 22.2 Å². The summed E-state index contributed by atoms with van der Waals surface area (Å²) in [4.78, 5) is 33.0. The minimum absolute atomic E-state index is 0.634. The van der Waals surface area contributed by atoms with Crippen LogP contribution in [0.2, 0.25) is 0 Å². The number of hydrogen-bond donors (Lipinski definition) is 2. The van der Waals surface area contributed by atoms with Crippen LogP contribution in [-0.4, -0.2) is 69.2 Å². The molecule has 0 atom stereocenters.